The lowest BCUT2D eigenvalue weighted by Gasteiger charge is -2.07. The van der Waals surface area contributed by atoms with E-state index in [4.69, 9.17) is 0 Å². The highest BCUT2D eigenvalue weighted by Crippen LogP contribution is 2.20. The Morgan fingerprint density at radius 2 is 1.95 bits per heavy atom. The Bertz CT molecular complexity index is 870. The molecule has 0 fully saturated rings. The van der Waals surface area contributed by atoms with Crippen molar-refractivity contribution in [2.75, 3.05) is 0 Å². The minimum Gasteiger partial charge on any atom is -0.269 e. The van der Waals surface area contributed by atoms with E-state index < -0.39 is 0 Å². The third-order valence-electron chi connectivity index (χ3n) is 3.64. The highest BCUT2D eigenvalue weighted by atomic mass is 32.2. The number of aryl methyl sites for hydroxylation is 2. The highest BCUT2D eigenvalue weighted by Gasteiger charge is 2.04. The van der Waals surface area contributed by atoms with Crippen molar-refractivity contribution in [1.29, 1.82) is 0 Å². The van der Waals surface area contributed by atoms with Crippen molar-refractivity contribution in [3.63, 3.8) is 0 Å². The SMILES string of the molecule is Cc1ccc(C)c(CSCc2cc(=O)n3ccccc3n2)c1. The summed E-state index contributed by atoms with van der Waals surface area (Å²) in [6.45, 7) is 4.25. The Hall–Kier alpha value is -2.07. The van der Waals surface area contributed by atoms with Gasteiger partial charge >= 0.3 is 0 Å². The molecule has 112 valence electrons. The lowest BCUT2D eigenvalue weighted by molar-refractivity contribution is 1.01. The van der Waals surface area contributed by atoms with Gasteiger partial charge in [0.15, 0.2) is 0 Å². The molecule has 22 heavy (non-hydrogen) atoms. The zero-order chi connectivity index (χ0) is 15.5. The third kappa shape index (κ3) is 3.22. The molecule has 0 bridgehead atoms. The number of aromatic nitrogens is 2. The van der Waals surface area contributed by atoms with Crippen LogP contribution in [0.1, 0.15) is 22.4 Å². The fraction of sp³-hybridized carbons (Fsp3) is 0.222. The van der Waals surface area contributed by atoms with E-state index in [-0.39, 0.29) is 5.56 Å². The summed E-state index contributed by atoms with van der Waals surface area (Å²) in [5.41, 5.74) is 5.47. The molecule has 0 saturated carbocycles. The first kappa shape index (κ1) is 14.9. The van der Waals surface area contributed by atoms with E-state index in [0.29, 0.717) is 5.65 Å². The maximum Gasteiger partial charge on any atom is 0.258 e. The van der Waals surface area contributed by atoms with Gasteiger partial charge in [-0.1, -0.05) is 29.8 Å². The number of rotatable bonds is 4. The van der Waals surface area contributed by atoms with Crippen LogP contribution in [0.5, 0.6) is 0 Å². The standard InChI is InChI=1S/C18H18N2OS/c1-13-6-7-14(2)15(9-13)11-22-12-16-10-18(21)20-8-4-3-5-17(20)19-16/h3-10H,11-12H2,1-2H3. The number of benzene rings is 1. The topological polar surface area (TPSA) is 34.4 Å². The average Bonchev–Trinajstić information content (AvgIpc) is 2.51. The summed E-state index contributed by atoms with van der Waals surface area (Å²) in [6.07, 6.45) is 1.75. The normalized spacial score (nSPS) is 11.0. The van der Waals surface area contributed by atoms with Crippen LogP contribution >= 0.6 is 11.8 Å². The maximum absolute atomic E-state index is 12.0. The fourth-order valence-electron chi connectivity index (χ4n) is 2.40. The summed E-state index contributed by atoms with van der Waals surface area (Å²) < 4.78 is 1.57. The molecule has 4 heteroatoms. The first-order valence-corrected chi connectivity index (χ1v) is 8.40. The van der Waals surface area contributed by atoms with Crippen LogP contribution < -0.4 is 5.56 Å². The molecule has 2 heterocycles. The molecule has 0 atom stereocenters. The zero-order valence-electron chi connectivity index (χ0n) is 12.7. The van der Waals surface area contributed by atoms with Gasteiger partial charge in [-0.2, -0.15) is 11.8 Å². The number of thioether (sulfide) groups is 1. The van der Waals surface area contributed by atoms with Crippen LogP contribution in [-0.2, 0) is 11.5 Å². The van der Waals surface area contributed by atoms with Gasteiger partial charge in [0.05, 0.1) is 5.69 Å². The quantitative estimate of drug-likeness (QED) is 0.736. The van der Waals surface area contributed by atoms with Crippen molar-refractivity contribution < 1.29 is 0 Å². The Balaban J connectivity index is 1.74. The van der Waals surface area contributed by atoms with Crippen molar-refractivity contribution in [3.05, 3.63) is 81.4 Å². The molecular formula is C18H18N2OS. The minimum atomic E-state index is -0.0204. The lowest BCUT2D eigenvalue weighted by atomic mass is 10.1. The summed E-state index contributed by atoms with van der Waals surface area (Å²) in [6, 6.07) is 13.7. The second-order valence-electron chi connectivity index (χ2n) is 5.44. The van der Waals surface area contributed by atoms with E-state index in [9.17, 15) is 4.79 Å². The summed E-state index contributed by atoms with van der Waals surface area (Å²) in [5, 5.41) is 0. The monoisotopic (exact) mass is 310 g/mol. The molecule has 0 unspecified atom stereocenters. The molecule has 3 rings (SSSR count). The Morgan fingerprint density at radius 1 is 1.09 bits per heavy atom. The van der Waals surface area contributed by atoms with E-state index in [1.54, 1.807) is 28.4 Å². The summed E-state index contributed by atoms with van der Waals surface area (Å²) in [5.74, 6) is 1.68. The van der Waals surface area contributed by atoms with Crippen molar-refractivity contribution in [2.24, 2.45) is 0 Å². The second-order valence-corrected chi connectivity index (χ2v) is 6.42. The van der Waals surface area contributed by atoms with Gasteiger partial charge in [-0.15, -0.1) is 0 Å². The molecule has 0 aliphatic heterocycles. The van der Waals surface area contributed by atoms with Crippen molar-refractivity contribution in [1.82, 2.24) is 9.38 Å². The van der Waals surface area contributed by atoms with Crippen LogP contribution in [-0.4, -0.2) is 9.38 Å². The Labute approximate surface area is 134 Å². The summed E-state index contributed by atoms with van der Waals surface area (Å²) in [4.78, 5) is 16.6. The van der Waals surface area contributed by atoms with E-state index in [1.165, 1.54) is 16.7 Å². The lowest BCUT2D eigenvalue weighted by Crippen LogP contribution is -2.14. The van der Waals surface area contributed by atoms with Crippen molar-refractivity contribution in [2.45, 2.75) is 25.4 Å². The number of hydrogen-bond donors (Lipinski definition) is 0. The second kappa shape index (κ2) is 6.36. The average molecular weight is 310 g/mol. The van der Waals surface area contributed by atoms with Crippen molar-refractivity contribution in [3.8, 4) is 0 Å². The molecule has 0 saturated heterocycles. The zero-order valence-corrected chi connectivity index (χ0v) is 13.6. The van der Waals surface area contributed by atoms with E-state index in [2.05, 4.69) is 37.0 Å². The van der Waals surface area contributed by atoms with E-state index in [0.717, 1.165) is 17.2 Å². The minimum absolute atomic E-state index is 0.0204. The molecule has 0 radical (unpaired) electrons. The predicted molar refractivity (Wildman–Crippen MR) is 92.4 cm³/mol. The first-order valence-electron chi connectivity index (χ1n) is 7.25. The van der Waals surface area contributed by atoms with Gasteiger partial charge < -0.3 is 0 Å². The van der Waals surface area contributed by atoms with Crippen LogP contribution in [0, 0.1) is 13.8 Å². The molecule has 1 aromatic carbocycles. The Morgan fingerprint density at radius 3 is 2.82 bits per heavy atom. The molecule has 0 aliphatic rings. The third-order valence-corrected chi connectivity index (χ3v) is 4.65. The summed E-state index contributed by atoms with van der Waals surface area (Å²) >= 11 is 1.79. The van der Waals surface area contributed by atoms with Gasteiger partial charge in [-0.25, -0.2) is 4.98 Å². The first-order chi connectivity index (χ1) is 10.6. The summed E-state index contributed by atoms with van der Waals surface area (Å²) in [7, 11) is 0. The maximum atomic E-state index is 12.0. The molecule has 3 aromatic rings. The van der Waals surface area contributed by atoms with Crippen LogP contribution in [0.25, 0.3) is 5.65 Å². The van der Waals surface area contributed by atoms with Crippen LogP contribution in [0.4, 0.5) is 0 Å². The molecule has 0 amide bonds. The van der Waals surface area contributed by atoms with Crippen LogP contribution in [0.2, 0.25) is 0 Å². The van der Waals surface area contributed by atoms with Gasteiger partial charge in [0.25, 0.3) is 5.56 Å². The van der Waals surface area contributed by atoms with Gasteiger partial charge in [-0.3, -0.25) is 9.20 Å². The van der Waals surface area contributed by atoms with Gasteiger partial charge in [-0.05, 0) is 37.1 Å². The molecule has 3 nitrogen and oxygen atoms in total. The number of pyridine rings is 1. The Kier molecular flexibility index (Phi) is 4.29. The number of hydrogen-bond acceptors (Lipinski definition) is 3. The van der Waals surface area contributed by atoms with Crippen molar-refractivity contribution >= 4 is 17.4 Å². The molecular weight excluding hydrogens is 292 g/mol. The van der Waals surface area contributed by atoms with Crippen LogP contribution in [0.15, 0.2) is 53.5 Å². The van der Waals surface area contributed by atoms with Crippen LogP contribution in [0.3, 0.4) is 0 Å². The molecule has 0 N–H and O–H groups in total. The molecule has 0 aliphatic carbocycles. The number of fused-ring (bicyclic) bond motifs is 1. The number of nitrogens with zero attached hydrogens (tertiary/aromatic N) is 2. The fourth-order valence-corrected chi connectivity index (χ4v) is 3.39. The van der Waals surface area contributed by atoms with Gasteiger partial charge in [0.2, 0.25) is 0 Å². The van der Waals surface area contributed by atoms with Gasteiger partial charge in [0, 0.05) is 23.8 Å². The molecule has 0 spiro atoms. The smallest absolute Gasteiger partial charge is 0.258 e. The van der Waals surface area contributed by atoms with E-state index >= 15 is 0 Å². The van der Waals surface area contributed by atoms with E-state index in [1.807, 2.05) is 18.2 Å². The largest absolute Gasteiger partial charge is 0.269 e. The highest BCUT2D eigenvalue weighted by molar-refractivity contribution is 7.97. The predicted octanol–water partition coefficient (Wildman–Crippen LogP) is 3.74. The van der Waals surface area contributed by atoms with Gasteiger partial charge in [0.1, 0.15) is 5.65 Å². The molecule has 2 aromatic heterocycles.